The number of fused-ring (bicyclic) bond motifs is 1. The molecule has 0 saturated heterocycles. The molecule has 2 rings (SSSR count). The van der Waals surface area contributed by atoms with Gasteiger partial charge in [0, 0.05) is 12.5 Å². The minimum atomic E-state index is -4.55. The van der Waals surface area contributed by atoms with Crippen molar-refractivity contribution in [1.29, 1.82) is 0 Å². The van der Waals surface area contributed by atoms with E-state index in [4.69, 9.17) is 5.73 Å². The lowest BCUT2D eigenvalue weighted by molar-refractivity contribution is -0.146. The van der Waals surface area contributed by atoms with Gasteiger partial charge in [-0.15, -0.1) is 10.2 Å². The van der Waals surface area contributed by atoms with Crippen molar-refractivity contribution in [2.75, 3.05) is 6.54 Å². The van der Waals surface area contributed by atoms with Gasteiger partial charge in [0.25, 0.3) is 5.82 Å². The van der Waals surface area contributed by atoms with Crippen molar-refractivity contribution in [2.24, 2.45) is 11.7 Å². The summed E-state index contributed by atoms with van der Waals surface area (Å²) < 4.78 is 38.8. The monoisotopic (exact) mass is 293 g/mol. The lowest BCUT2D eigenvalue weighted by Gasteiger charge is -2.13. The minimum absolute atomic E-state index is 0.0483. The summed E-state index contributed by atoms with van der Waals surface area (Å²) in [6.45, 7) is 4.41. The molecule has 0 fully saturated rings. The second-order valence-corrected chi connectivity index (χ2v) is 5.71. The lowest BCUT2D eigenvalue weighted by atomic mass is 9.98. The number of nitrogens with zero attached hydrogens (tertiary/aromatic N) is 4. The highest BCUT2D eigenvalue weighted by Crippen LogP contribution is 2.31. The Morgan fingerprint density at radius 1 is 1.32 bits per heavy atom. The van der Waals surface area contributed by atoms with Gasteiger partial charge >= 0.3 is 6.18 Å². The summed E-state index contributed by atoms with van der Waals surface area (Å²) in [7, 11) is 0. The zero-order valence-corrected chi connectivity index (χ0v) is 11.3. The fourth-order valence-corrected chi connectivity index (χ4v) is 2.80. The van der Waals surface area contributed by atoms with Crippen molar-refractivity contribution in [1.82, 2.24) is 19.8 Å². The number of alkyl halides is 3. The molecule has 0 bridgehead atoms. The molecule has 0 aliphatic rings. The maximum absolute atomic E-state index is 12.7. The van der Waals surface area contributed by atoms with Gasteiger partial charge in [0.15, 0.2) is 0 Å². The van der Waals surface area contributed by atoms with E-state index in [1.807, 2.05) is 13.8 Å². The maximum atomic E-state index is 12.7. The third kappa shape index (κ3) is 2.86. The largest absolute Gasteiger partial charge is 0.453 e. The maximum Gasteiger partial charge on any atom is 0.453 e. The Hall–Kier alpha value is -1.22. The average molecular weight is 293 g/mol. The van der Waals surface area contributed by atoms with E-state index >= 15 is 0 Å². The second kappa shape index (κ2) is 5.04. The van der Waals surface area contributed by atoms with Gasteiger partial charge in [-0.2, -0.15) is 22.8 Å². The van der Waals surface area contributed by atoms with Crippen LogP contribution in [0.15, 0.2) is 0 Å². The van der Waals surface area contributed by atoms with Gasteiger partial charge in [0.2, 0.25) is 4.96 Å². The normalized spacial score (nSPS) is 14.5. The van der Waals surface area contributed by atoms with Crippen molar-refractivity contribution in [2.45, 2.75) is 32.4 Å². The molecule has 1 atom stereocenters. The molecule has 106 valence electrons. The molecule has 0 radical (unpaired) electrons. The topological polar surface area (TPSA) is 69.1 Å². The molecule has 0 amide bonds. The van der Waals surface area contributed by atoms with E-state index in [2.05, 4.69) is 15.3 Å². The smallest absolute Gasteiger partial charge is 0.330 e. The van der Waals surface area contributed by atoms with Crippen molar-refractivity contribution in [3.63, 3.8) is 0 Å². The predicted octanol–water partition coefficient (Wildman–Crippen LogP) is 2.29. The van der Waals surface area contributed by atoms with Crippen LogP contribution in [-0.4, -0.2) is 26.4 Å². The first-order valence-electron chi connectivity index (χ1n) is 5.82. The fraction of sp³-hybridized carbons (Fsp3) is 0.700. The first-order valence-corrected chi connectivity index (χ1v) is 6.64. The fourth-order valence-electron chi connectivity index (χ4n) is 1.84. The van der Waals surface area contributed by atoms with Gasteiger partial charge in [0.1, 0.15) is 5.01 Å². The van der Waals surface area contributed by atoms with Gasteiger partial charge in [-0.3, -0.25) is 0 Å². The second-order valence-electron chi connectivity index (χ2n) is 4.72. The summed E-state index contributed by atoms with van der Waals surface area (Å²) in [6.07, 6.45) is -3.77. The first kappa shape index (κ1) is 14.2. The van der Waals surface area contributed by atoms with Crippen LogP contribution in [0.2, 0.25) is 0 Å². The summed E-state index contributed by atoms with van der Waals surface area (Å²) in [5.41, 5.74) is 5.67. The Morgan fingerprint density at radius 3 is 2.53 bits per heavy atom. The highest BCUT2D eigenvalue weighted by atomic mass is 32.1. The van der Waals surface area contributed by atoms with E-state index in [-0.39, 0.29) is 10.9 Å². The molecule has 0 saturated carbocycles. The van der Waals surface area contributed by atoms with Crippen molar-refractivity contribution < 1.29 is 13.2 Å². The van der Waals surface area contributed by atoms with Gasteiger partial charge < -0.3 is 5.73 Å². The molecule has 0 spiro atoms. The van der Waals surface area contributed by atoms with E-state index in [9.17, 15) is 13.2 Å². The van der Waals surface area contributed by atoms with Gasteiger partial charge in [-0.05, 0) is 12.3 Å². The van der Waals surface area contributed by atoms with Gasteiger partial charge in [-0.1, -0.05) is 25.2 Å². The third-order valence-corrected chi connectivity index (χ3v) is 3.71. The molecule has 2 N–H and O–H groups in total. The Balaban J connectivity index is 2.39. The third-order valence-electron chi connectivity index (χ3n) is 2.65. The molecular weight excluding hydrogens is 279 g/mol. The number of halogens is 3. The molecule has 9 heteroatoms. The number of nitrogens with two attached hydrogens (primary N) is 1. The Morgan fingerprint density at radius 2 is 2.00 bits per heavy atom. The SMILES string of the molecule is CC(C)CC(CN)c1nn2c(C(F)(F)F)nnc2s1. The lowest BCUT2D eigenvalue weighted by Crippen LogP contribution is -2.16. The zero-order chi connectivity index (χ0) is 14.2. The number of aromatic nitrogens is 4. The van der Waals surface area contributed by atoms with Gasteiger partial charge in [0.05, 0.1) is 0 Å². The Labute approximate surface area is 111 Å². The van der Waals surface area contributed by atoms with E-state index in [0.29, 0.717) is 17.5 Å². The first-order chi connectivity index (χ1) is 8.82. The molecule has 2 heterocycles. The van der Waals surface area contributed by atoms with Crippen LogP contribution in [-0.2, 0) is 6.18 Å². The van der Waals surface area contributed by atoms with Crippen LogP contribution in [0.1, 0.15) is 37.0 Å². The number of hydrogen-bond acceptors (Lipinski definition) is 5. The molecule has 5 nitrogen and oxygen atoms in total. The van der Waals surface area contributed by atoms with E-state index < -0.39 is 12.0 Å². The number of rotatable bonds is 4. The van der Waals surface area contributed by atoms with Crippen molar-refractivity contribution in [3.05, 3.63) is 10.8 Å². The standard InChI is InChI=1S/C10H14F3N5S/c1-5(2)3-6(4-14)7-17-18-8(10(11,12)13)15-16-9(18)19-7/h5-6H,3-4,14H2,1-2H3. The van der Waals surface area contributed by atoms with Crippen LogP contribution >= 0.6 is 11.3 Å². The van der Waals surface area contributed by atoms with Crippen molar-refractivity contribution in [3.8, 4) is 0 Å². The Kier molecular flexibility index (Phi) is 3.77. The molecule has 0 aliphatic carbocycles. The van der Waals surface area contributed by atoms with Crippen LogP contribution in [0.5, 0.6) is 0 Å². The van der Waals surface area contributed by atoms with Gasteiger partial charge in [-0.25, -0.2) is 0 Å². The summed E-state index contributed by atoms with van der Waals surface area (Å²) in [6, 6.07) is 0. The quantitative estimate of drug-likeness (QED) is 0.939. The zero-order valence-electron chi connectivity index (χ0n) is 10.5. The van der Waals surface area contributed by atoms with E-state index in [1.165, 1.54) is 0 Å². The highest BCUT2D eigenvalue weighted by molar-refractivity contribution is 7.16. The molecular formula is C10H14F3N5S. The molecule has 0 aromatic carbocycles. The van der Waals surface area contributed by atoms with Crippen LogP contribution < -0.4 is 5.73 Å². The van der Waals surface area contributed by atoms with Crippen LogP contribution in [0, 0.1) is 5.92 Å². The van der Waals surface area contributed by atoms with Crippen molar-refractivity contribution >= 4 is 16.3 Å². The van der Waals surface area contributed by atoms with Crippen LogP contribution in [0.4, 0.5) is 13.2 Å². The minimum Gasteiger partial charge on any atom is -0.330 e. The summed E-state index contributed by atoms with van der Waals surface area (Å²) in [5.74, 6) is -0.747. The predicted molar refractivity (Wildman–Crippen MR) is 64.9 cm³/mol. The molecule has 2 aromatic heterocycles. The van der Waals surface area contributed by atoms with Crippen LogP contribution in [0.25, 0.3) is 4.96 Å². The average Bonchev–Trinajstić information content (AvgIpc) is 2.82. The summed E-state index contributed by atoms with van der Waals surface area (Å²) in [4.78, 5) is 0.143. The van der Waals surface area contributed by atoms with E-state index in [0.717, 1.165) is 22.3 Å². The summed E-state index contributed by atoms with van der Waals surface area (Å²) >= 11 is 1.11. The molecule has 2 aromatic rings. The number of hydrogen-bond donors (Lipinski definition) is 1. The van der Waals surface area contributed by atoms with E-state index in [1.54, 1.807) is 0 Å². The Bertz CT molecular complexity index is 559. The van der Waals surface area contributed by atoms with Crippen LogP contribution in [0.3, 0.4) is 0 Å². The molecule has 19 heavy (non-hydrogen) atoms. The highest BCUT2D eigenvalue weighted by Gasteiger charge is 2.38. The molecule has 0 aliphatic heterocycles. The molecule has 1 unspecified atom stereocenters. The summed E-state index contributed by atoms with van der Waals surface area (Å²) in [5, 5.41) is 11.2.